The lowest BCUT2D eigenvalue weighted by Gasteiger charge is -2.08. The monoisotopic (exact) mass is 319 g/mol. The first kappa shape index (κ1) is 15.5. The van der Waals surface area contributed by atoms with Crippen LogP contribution in [0, 0.1) is 11.7 Å². The van der Waals surface area contributed by atoms with E-state index in [2.05, 4.69) is 5.32 Å². The van der Waals surface area contributed by atoms with Crippen LogP contribution < -0.4 is 5.32 Å². The summed E-state index contributed by atoms with van der Waals surface area (Å²) in [6.07, 6.45) is 3.24. The molecule has 0 heterocycles. The fourth-order valence-corrected chi connectivity index (χ4v) is 2.17. The van der Waals surface area contributed by atoms with Gasteiger partial charge >= 0.3 is 0 Å². The summed E-state index contributed by atoms with van der Waals surface area (Å²) in [6, 6.07) is 2.27. The van der Waals surface area contributed by atoms with Crippen molar-refractivity contribution in [2.75, 3.05) is 19.8 Å². The maximum atomic E-state index is 13.3. The van der Waals surface area contributed by atoms with Crippen molar-refractivity contribution >= 4 is 29.1 Å². The summed E-state index contributed by atoms with van der Waals surface area (Å²) in [5, 5.41) is 2.72. The van der Waals surface area contributed by atoms with Crippen LogP contribution in [0.2, 0.25) is 10.0 Å². The van der Waals surface area contributed by atoms with Crippen LogP contribution in [0.15, 0.2) is 12.1 Å². The van der Waals surface area contributed by atoms with Crippen LogP contribution in [0.25, 0.3) is 0 Å². The standard InChI is InChI=1S/C14H16Cl2FNO2/c15-11-7-12(16)13(17)6-10(11)14(19)18-4-1-5-20-8-9-2-3-9/h6-7,9H,1-5,8H2,(H,18,19). The Morgan fingerprint density at radius 2 is 2.10 bits per heavy atom. The topological polar surface area (TPSA) is 38.3 Å². The SMILES string of the molecule is O=C(NCCCOCC1CC1)c1cc(F)c(Cl)cc1Cl. The molecule has 1 saturated carbocycles. The number of rotatable bonds is 7. The molecule has 1 aromatic carbocycles. The molecule has 0 atom stereocenters. The second-order valence-electron chi connectivity index (χ2n) is 4.87. The molecule has 0 saturated heterocycles. The number of amides is 1. The van der Waals surface area contributed by atoms with E-state index in [9.17, 15) is 9.18 Å². The number of hydrogen-bond acceptors (Lipinski definition) is 2. The molecule has 0 aromatic heterocycles. The van der Waals surface area contributed by atoms with Gasteiger partial charge in [0.1, 0.15) is 5.82 Å². The Labute approximate surface area is 127 Å². The van der Waals surface area contributed by atoms with Crippen molar-refractivity contribution in [3.63, 3.8) is 0 Å². The van der Waals surface area contributed by atoms with Gasteiger partial charge in [0, 0.05) is 19.8 Å². The maximum Gasteiger partial charge on any atom is 0.252 e. The average molecular weight is 320 g/mol. The second kappa shape index (κ2) is 7.25. The number of nitrogens with one attached hydrogen (secondary N) is 1. The highest BCUT2D eigenvalue weighted by Gasteiger charge is 2.20. The van der Waals surface area contributed by atoms with Crippen LogP contribution in [0.3, 0.4) is 0 Å². The highest BCUT2D eigenvalue weighted by Crippen LogP contribution is 2.28. The number of benzene rings is 1. The Morgan fingerprint density at radius 1 is 1.35 bits per heavy atom. The third kappa shape index (κ3) is 4.62. The minimum absolute atomic E-state index is 0.0902. The zero-order chi connectivity index (χ0) is 14.5. The van der Waals surface area contributed by atoms with Crippen molar-refractivity contribution in [3.05, 3.63) is 33.6 Å². The molecule has 0 spiro atoms. The van der Waals surface area contributed by atoms with Gasteiger partial charge in [0.05, 0.1) is 15.6 Å². The molecule has 3 nitrogen and oxygen atoms in total. The largest absolute Gasteiger partial charge is 0.381 e. The van der Waals surface area contributed by atoms with Gasteiger partial charge in [-0.3, -0.25) is 4.79 Å². The summed E-state index contributed by atoms with van der Waals surface area (Å²) in [5.74, 6) is -0.331. The molecule has 0 radical (unpaired) electrons. The molecule has 0 unspecified atom stereocenters. The summed E-state index contributed by atoms with van der Waals surface area (Å²) in [6.45, 7) is 1.88. The van der Waals surface area contributed by atoms with Crippen molar-refractivity contribution in [1.82, 2.24) is 5.32 Å². The minimum Gasteiger partial charge on any atom is -0.381 e. The van der Waals surface area contributed by atoms with Gasteiger partial charge in [-0.15, -0.1) is 0 Å². The van der Waals surface area contributed by atoms with E-state index in [1.807, 2.05) is 0 Å². The number of ether oxygens (including phenoxy) is 1. The van der Waals surface area contributed by atoms with E-state index in [1.165, 1.54) is 18.9 Å². The Hall–Kier alpha value is -0.840. The molecule has 0 aliphatic heterocycles. The first-order chi connectivity index (χ1) is 9.58. The van der Waals surface area contributed by atoms with Crippen molar-refractivity contribution < 1.29 is 13.9 Å². The van der Waals surface area contributed by atoms with Crippen molar-refractivity contribution in [2.45, 2.75) is 19.3 Å². The van der Waals surface area contributed by atoms with Gasteiger partial charge in [-0.25, -0.2) is 4.39 Å². The van der Waals surface area contributed by atoms with E-state index in [-0.39, 0.29) is 15.6 Å². The highest BCUT2D eigenvalue weighted by atomic mass is 35.5. The lowest BCUT2D eigenvalue weighted by Crippen LogP contribution is -2.25. The molecule has 1 aromatic rings. The zero-order valence-electron chi connectivity index (χ0n) is 10.9. The van der Waals surface area contributed by atoms with Crippen molar-refractivity contribution in [1.29, 1.82) is 0 Å². The normalized spacial score (nSPS) is 14.3. The van der Waals surface area contributed by atoms with Crippen LogP contribution in [-0.4, -0.2) is 25.7 Å². The predicted octanol–water partition coefficient (Wildman–Crippen LogP) is 3.68. The molecular weight excluding hydrogens is 304 g/mol. The first-order valence-corrected chi connectivity index (χ1v) is 7.34. The third-order valence-corrected chi connectivity index (χ3v) is 3.66. The van der Waals surface area contributed by atoms with E-state index < -0.39 is 11.7 Å². The van der Waals surface area contributed by atoms with E-state index in [0.717, 1.165) is 18.6 Å². The lowest BCUT2D eigenvalue weighted by molar-refractivity contribution is 0.0937. The molecule has 1 N–H and O–H groups in total. The predicted molar refractivity (Wildman–Crippen MR) is 76.9 cm³/mol. The Morgan fingerprint density at radius 3 is 2.80 bits per heavy atom. The molecule has 1 fully saturated rings. The van der Waals surface area contributed by atoms with E-state index in [0.29, 0.717) is 19.6 Å². The van der Waals surface area contributed by atoms with Gasteiger partial charge in [-0.1, -0.05) is 23.2 Å². The fraction of sp³-hybridized carbons (Fsp3) is 0.500. The summed E-state index contributed by atoms with van der Waals surface area (Å²) >= 11 is 11.4. The molecule has 1 amide bonds. The van der Waals surface area contributed by atoms with Crippen LogP contribution in [0.4, 0.5) is 4.39 Å². The van der Waals surface area contributed by atoms with Gasteiger partial charge in [0.2, 0.25) is 0 Å². The van der Waals surface area contributed by atoms with E-state index in [1.54, 1.807) is 0 Å². The molecule has 1 aliphatic rings. The van der Waals surface area contributed by atoms with Gasteiger partial charge in [0.25, 0.3) is 5.91 Å². The Bertz CT molecular complexity index is 492. The number of carbonyl (C=O) groups is 1. The van der Waals surface area contributed by atoms with E-state index in [4.69, 9.17) is 27.9 Å². The molecule has 20 heavy (non-hydrogen) atoms. The molecule has 1 aliphatic carbocycles. The lowest BCUT2D eigenvalue weighted by atomic mass is 10.2. The Kier molecular flexibility index (Phi) is 5.64. The number of halogens is 3. The quantitative estimate of drug-likeness (QED) is 0.615. The van der Waals surface area contributed by atoms with Crippen molar-refractivity contribution in [2.24, 2.45) is 5.92 Å². The smallest absolute Gasteiger partial charge is 0.252 e. The highest BCUT2D eigenvalue weighted by molar-refractivity contribution is 6.36. The number of hydrogen-bond donors (Lipinski definition) is 1. The summed E-state index contributed by atoms with van der Waals surface area (Å²) in [5.41, 5.74) is 0.0902. The van der Waals surface area contributed by atoms with Crippen molar-refractivity contribution in [3.8, 4) is 0 Å². The zero-order valence-corrected chi connectivity index (χ0v) is 12.4. The molecule has 0 bridgehead atoms. The van der Waals surface area contributed by atoms with Gasteiger partial charge in [0.15, 0.2) is 0 Å². The minimum atomic E-state index is -0.658. The number of carbonyl (C=O) groups excluding carboxylic acids is 1. The molecule has 6 heteroatoms. The van der Waals surface area contributed by atoms with Gasteiger partial charge < -0.3 is 10.1 Å². The molecule has 2 rings (SSSR count). The van der Waals surface area contributed by atoms with Crippen LogP contribution >= 0.6 is 23.2 Å². The summed E-state index contributed by atoms with van der Waals surface area (Å²) in [4.78, 5) is 11.8. The fourth-order valence-electron chi connectivity index (χ4n) is 1.70. The average Bonchev–Trinajstić information content (AvgIpc) is 3.21. The van der Waals surface area contributed by atoms with Gasteiger partial charge in [-0.2, -0.15) is 0 Å². The van der Waals surface area contributed by atoms with Gasteiger partial charge in [-0.05, 0) is 37.3 Å². The second-order valence-corrected chi connectivity index (χ2v) is 5.69. The first-order valence-electron chi connectivity index (χ1n) is 6.58. The Balaban J connectivity index is 1.72. The van der Waals surface area contributed by atoms with E-state index >= 15 is 0 Å². The molecule has 110 valence electrons. The third-order valence-electron chi connectivity index (χ3n) is 3.06. The molecular formula is C14H16Cl2FNO2. The summed E-state index contributed by atoms with van der Waals surface area (Å²) in [7, 11) is 0. The maximum absolute atomic E-state index is 13.3. The van der Waals surface area contributed by atoms with Crippen LogP contribution in [0.1, 0.15) is 29.6 Å². The van der Waals surface area contributed by atoms with Crippen LogP contribution in [0.5, 0.6) is 0 Å². The summed E-state index contributed by atoms with van der Waals surface area (Å²) < 4.78 is 18.7. The van der Waals surface area contributed by atoms with Crippen LogP contribution in [-0.2, 0) is 4.74 Å².